The lowest BCUT2D eigenvalue weighted by Crippen LogP contribution is -2.26. The second-order valence-electron chi connectivity index (χ2n) is 15.2. The first-order valence-electron chi connectivity index (χ1n) is 19.3. The van der Waals surface area contributed by atoms with Crippen molar-refractivity contribution in [2.45, 2.75) is 5.41 Å². The van der Waals surface area contributed by atoms with Crippen molar-refractivity contribution in [3.63, 3.8) is 0 Å². The Balaban J connectivity index is 1.16. The molecule has 2 aliphatic rings. The quantitative estimate of drug-likeness (QED) is 0.183. The van der Waals surface area contributed by atoms with E-state index in [1.807, 2.05) is 18.2 Å². The van der Waals surface area contributed by atoms with Crippen molar-refractivity contribution in [3.05, 3.63) is 210 Å². The minimum Gasteiger partial charge on any atom is -0.456 e. The minimum absolute atomic E-state index is 0.468. The first-order valence-corrected chi connectivity index (χ1v) is 19.3. The molecule has 0 unspecified atom stereocenters. The summed E-state index contributed by atoms with van der Waals surface area (Å²) in [6, 6.07) is 68.4. The first-order chi connectivity index (χ1) is 27.8. The predicted octanol–water partition coefficient (Wildman–Crippen LogP) is 14.5. The third-order valence-electron chi connectivity index (χ3n) is 12.4. The van der Waals surface area contributed by atoms with Gasteiger partial charge in [0.2, 0.25) is 0 Å². The van der Waals surface area contributed by atoms with E-state index in [0.29, 0.717) is 0 Å². The molecule has 0 radical (unpaired) electrons. The Kier molecular flexibility index (Phi) is 5.83. The molecule has 0 saturated carbocycles. The Morgan fingerprint density at radius 3 is 1.57 bits per heavy atom. The van der Waals surface area contributed by atoms with Gasteiger partial charge in [0.05, 0.1) is 21.9 Å². The molecule has 3 heteroatoms. The van der Waals surface area contributed by atoms with Gasteiger partial charge >= 0.3 is 0 Å². The summed E-state index contributed by atoms with van der Waals surface area (Å²) in [6.45, 7) is 0. The maximum Gasteiger partial charge on any atom is 0.149 e. The molecule has 3 nitrogen and oxygen atoms in total. The molecule has 2 aliphatic carbocycles. The fourth-order valence-corrected chi connectivity index (χ4v) is 10.2. The topological polar surface area (TPSA) is 29.5 Å². The Morgan fingerprint density at radius 1 is 0.357 bits per heavy atom. The second kappa shape index (κ2) is 10.9. The Hall–Kier alpha value is -7.36. The van der Waals surface area contributed by atoms with Crippen molar-refractivity contribution in [3.8, 4) is 22.3 Å². The van der Waals surface area contributed by atoms with Crippen LogP contribution in [0.1, 0.15) is 22.3 Å². The molecule has 0 fully saturated rings. The molecule has 0 atom stereocenters. The number of rotatable bonds is 3. The average molecular weight is 714 g/mol. The van der Waals surface area contributed by atoms with Gasteiger partial charge in [-0.05, 0) is 91.7 Å². The standard InChI is InChI=1S/C53H31NO2/c1-2-14-33-29-34(26-25-32(33)13-1)54(46-31-49-51(41-19-7-11-23-47(41)55-49)52-50(46)40-18-6-12-24-48(40)56-52)35-27-28-39-38-17-5-10-22-44(38)53(45(39)30-35)42-20-8-3-15-36(42)37-16-4-9-21-43(37)53/h1-31H. The number of furan rings is 2. The van der Waals surface area contributed by atoms with Gasteiger partial charge in [-0.1, -0.05) is 146 Å². The van der Waals surface area contributed by atoms with E-state index in [4.69, 9.17) is 8.83 Å². The molecule has 9 aromatic carbocycles. The van der Waals surface area contributed by atoms with Crippen LogP contribution in [0.4, 0.5) is 17.1 Å². The monoisotopic (exact) mass is 713 g/mol. The van der Waals surface area contributed by atoms with Gasteiger partial charge in [-0.25, -0.2) is 0 Å². The summed E-state index contributed by atoms with van der Waals surface area (Å²) in [5.74, 6) is 0. The van der Waals surface area contributed by atoms with E-state index in [0.717, 1.165) is 60.9 Å². The van der Waals surface area contributed by atoms with Crippen molar-refractivity contribution >= 4 is 71.7 Å². The summed E-state index contributed by atoms with van der Waals surface area (Å²) in [5.41, 5.74) is 16.4. The third-order valence-corrected chi connectivity index (χ3v) is 12.4. The van der Waals surface area contributed by atoms with Crippen LogP contribution >= 0.6 is 0 Å². The zero-order chi connectivity index (χ0) is 36.5. The van der Waals surface area contributed by atoms with Gasteiger partial charge in [0.15, 0.2) is 0 Å². The van der Waals surface area contributed by atoms with Crippen LogP contribution in [0.15, 0.2) is 197 Å². The zero-order valence-corrected chi connectivity index (χ0v) is 30.2. The molecule has 260 valence electrons. The minimum atomic E-state index is -0.468. The number of nitrogens with zero attached hydrogens (tertiary/aromatic N) is 1. The molecule has 0 saturated heterocycles. The molecule has 2 heterocycles. The molecule has 0 aliphatic heterocycles. The maximum atomic E-state index is 6.85. The van der Waals surface area contributed by atoms with Crippen LogP contribution in [0.5, 0.6) is 0 Å². The largest absolute Gasteiger partial charge is 0.456 e. The molecular formula is C53H31NO2. The van der Waals surface area contributed by atoms with Crippen molar-refractivity contribution < 1.29 is 8.83 Å². The highest BCUT2D eigenvalue weighted by atomic mass is 16.3. The fourth-order valence-electron chi connectivity index (χ4n) is 10.2. The molecule has 0 bridgehead atoms. The number of benzene rings is 9. The summed E-state index contributed by atoms with van der Waals surface area (Å²) in [5, 5.41) is 6.55. The van der Waals surface area contributed by atoms with Crippen molar-refractivity contribution in [1.29, 1.82) is 0 Å². The van der Waals surface area contributed by atoms with Gasteiger partial charge in [-0.3, -0.25) is 0 Å². The number of para-hydroxylation sites is 2. The summed E-state index contributed by atoms with van der Waals surface area (Å²) in [6.07, 6.45) is 0. The van der Waals surface area contributed by atoms with Crippen LogP contribution in [0.2, 0.25) is 0 Å². The van der Waals surface area contributed by atoms with E-state index in [9.17, 15) is 0 Å². The molecule has 2 aromatic heterocycles. The highest BCUT2D eigenvalue weighted by Gasteiger charge is 2.51. The van der Waals surface area contributed by atoms with Crippen LogP contribution in [-0.2, 0) is 5.41 Å². The second-order valence-corrected chi connectivity index (χ2v) is 15.2. The van der Waals surface area contributed by atoms with E-state index in [1.54, 1.807) is 0 Å². The first kappa shape index (κ1) is 30.0. The maximum absolute atomic E-state index is 6.85. The van der Waals surface area contributed by atoms with Crippen LogP contribution in [0, 0.1) is 0 Å². The Morgan fingerprint density at radius 2 is 0.875 bits per heavy atom. The van der Waals surface area contributed by atoms with Crippen LogP contribution in [-0.4, -0.2) is 0 Å². The van der Waals surface area contributed by atoms with Crippen LogP contribution < -0.4 is 4.90 Å². The van der Waals surface area contributed by atoms with Gasteiger partial charge in [0, 0.05) is 28.2 Å². The highest BCUT2D eigenvalue weighted by molar-refractivity contribution is 6.26. The third kappa shape index (κ3) is 3.76. The van der Waals surface area contributed by atoms with Crippen LogP contribution in [0.3, 0.4) is 0 Å². The SMILES string of the molecule is c1ccc2c(c1)-c1ccccc1C21c2ccccc2-c2ccc(N(c3ccc4ccccc4c3)c3cc4oc5ccccc5c4c4oc5ccccc5c34)cc21. The predicted molar refractivity (Wildman–Crippen MR) is 229 cm³/mol. The summed E-state index contributed by atoms with van der Waals surface area (Å²) >= 11 is 0. The van der Waals surface area contributed by atoms with Gasteiger partial charge in [0.1, 0.15) is 22.3 Å². The number of hydrogen-bond acceptors (Lipinski definition) is 3. The number of anilines is 3. The van der Waals surface area contributed by atoms with Crippen LogP contribution in [0.25, 0.3) is 76.9 Å². The molecule has 1 spiro atoms. The summed E-state index contributed by atoms with van der Waals surface area (Å²) in [7, 11) is 0. The number of fused-ring (bicyclic) bond motifs is 18. The van der Waals surface area contributed by atoms with E-state index in [1.165, 1.54) is 55.3 Å². The number of hydrogen-bond donors (Lipinski definition) is 0. The van der Waals surface area contributed by atoms with Gasteiger partial charge in [0.25, 0.3) is 0 Å². The summed E-state index contributed by atoms with van der Waals surface area (Å²) in [4.78, 5) is 2.42. The lowest BCUT2D eigenvalue weighted by Gasteiger charge is -2.32. The van der Waals surface area contributed by atoms with Gasteiger partial charge in [-0.2, -0.15) is 0 Å². The molecular weight excluding hydrogens is 683 g/mol. The van der Waals surface area contributed by atoms with Crippen molar-refractivity contribution in [1.82, 2.24) is 0 Å². The average Bonchev–Trinajstić information content (AvgIpc) is 3.99. The van der Waals surface area contributed by atoms with Gasteiger partial charge in [-0.15, -0.1) is 0 Å². The van der Waals surface area contributed by atoms with E-state index in [-0.39, 0.29) is 0 Å². The van der Waals surface area contributed by atoms with Crippen molar-refractivity contribution in [2.24, 2.45) is 0 Å². The lowest BCUT2D eigenvalue weighted by molar-refractivity contribution is 0.663. The normalized spacial score (nSPS) is 13.5. The molecule has 0 amide bonds. The summed E-state index contributed by atoms with van der Waals surface area (Å²) < 4.78 is 13.5. The van der Waals surface area contributed by atoms with E-state index < -0.39 is 5.41 Å². The van der Waals surface area contributed by atoms with Crippen molar-refractivity contribution in [2.75, 3.05) is 4.90 Å². The lowest BCUT2D eigenvalue weighted by atomic mass is 9.70. The van der Waals surface area contributed by atoms with E-state index >= 15 is 0 Å². The zero-order valence-electron chi connectivity index (χ0n) is 30.2. The van der Waals surface area contributed by atoms with Gasteiger partial charge < -0.3 is 13.7 Å². The Labute approximate surface area is 322 Å². The molecule has 11 aromatic rings. The molecule has 0 N–H and O–H groups in total. The molecule has 56 heavy (non-hydrogen) atoms. The fraction of sp³-hybridized carbons (Fsp3) is 0.0189. The van der Waals surface area contributed by atoms with E-state index in [2.05, 4.69) is 175 Å². The smallest absolute Gasteiger partial charge is 0.149 e. The highest BCUT2D eigenvalue weighted by Crippen LogP contribution is 2.63. The Bertz CT molecular complexity index is 3390. The molecule has 13 rings (SSSR count).